The maximum Gasteiger partial charge on any atom is 0.0738 e. The third-order valence-corrected chi connectivity index (χ3v) is 3.35. The highest BCUT2D eigenvalue weighted by Gasteiger charge is 2.07. The summed E-state index contributed by atoms with van der Waals surface area (Å²) in [5.74, 6) is 0. The number of nitriles is 1. The third kappa shape index (κ3) is 2.58. The summed E-state index contributed by atoms with van der Waals surface area (Å²) in [5, 5.41) is 12.8. The van der Waals surface area contributed by atoms with Crippen LogP contribution in [0, 0.1) is 25.2 Å². The van der Waals surface area contributed by atoms with E-state index in [1.165, 1.54) is 5.69 Å². The van der Waals surface area contributed by atoms with Crippen LogP contribution in [-0.2, 0) is 6.54 Å². The molecule has 76 valence electrons. The van der Waals surface area contributed by atoms with E-state index in [1.807, 2.05) is 18.5 Å². The van der Waals surface area contributed by atoms with E-state index in [9.17, 15) is 0 Å². The molecule has 0 amide bonds. The highest BCUT2D eigenvalue weighted by molar-refractivity contribution is 9.10. The normalized spacial score (nSPS) is 10.1. The van der Waals surface area contributed by atoms with Crippen molar-refractivity contribution in [1.82, 2.24) is 9.78 Å². The van der Waals surface area contributed by atoms with Gasteiger partial charge in [0.05, 0.1) is 16.2 Å². The highest BCUT2D eigenvalue weighted by Crippen LogP contribution is 2.19. The first-order valence-electron chi connectivity index (χ1n) is 4.73. The maximum absolute atomic E-state index is 8.39. The van der Waals surface area contributed by atoms with Gasteiger partial charge in [-0.05, 0) is 42.6 Å². The van der Waals surface area contributed by atoms with Gasteiger partial charge in [0.1, 0.15) is 0 Å². The van der Waals surface area contributed by atoms with Gasteiger partial charge < -0.3 is 0 Å². The lowest BCUT2D eigenvalue weighted by Crippen LogP contribution is -2.02. The van der Waals surface area contributed by atoms with E-state index >= 15 is 0 Å². The fraction of sp³-hybridized carbons (Fsp3) is 0.600. The van der Waals surface area contributed by atoms with Gasteiger partial charge in [0, 0.05) is 18.7 Å². The molecule has 1 rings (SSSR count). The first kappa shape index (κ1) is 11.3. The monoisotopic (exact) mass is 255 g/mol. The molecule has 1 aromatic rings. The van der Waals surface area contributed by atoms with Crippen LogP contribution < -0.4 is 0 Å². The number of aryl methyl sites for hydroxylation is 2. The molecule has 0 fully saturated rings. The zero-order valence-electron chi connectivity index (χ0n) is 8.55. The summed E-state index contributed by atoms with van der Waals surface area (Å²) in [6.45, 7) is 4.94. The molecule has 4 heteroatoms. The van der Waals surface area contributed by atoms with Crippen molar-refractivity contribution in [2.24, 2.45) is 0 Å². The van der Waals surface area contributed by atoms with Crippen LogP contribution in [-0.4, -0.2) is 9.78 Å². The van der Waals surface area contributed by atoms with Crippen LogP contribution in [0.4, 0.5) is 0 Å². The van der Waals surface area contributed by atoms with Crippen molar-refractivity contribution < 1.29 is 0 Å². The highest BCUT2D eigenvalue weighted by atomic mass is 79.9. The van der Waals surface area contributed by atoms with Gasteiger partial charge >= 0.3 is 0 Å². The van der Waals surface area contributed by atoms with Crippen LogP contribution in [0.2, 0.25) is 0 Å². The topological polar surface area (TPSA) is 41.6 Å². The van der Waals surface area contributed by atoms with Crippen molar-refractivity contribution in [1.29, 1.82) is 5.26 Å². The molecule has 0 radical (unpaired) electrons. The number of rotatable bonds is 4. The number of unbranched alkanes of at least 4 members (excludes halogenated alkanes) is 2. The predicted molar refractivity (Wildman–Crippen MR) is 58.9 cm³/mol. The molecule has 0 unspecified atom stereocenters. The maximum atomic E-state index is 8.39. The molecule has 0 spiro atoms. The number of aromatic nitrogens is 2. The lowest BCUT2D eigenvalue weighted by atomic mass is 10.2. The van der Waals surface area contributed by atoms with Gasteiger partial charge in [0.2, 0.25) is 0 Å². The smallest absolute Gasteiger partial charge is 0.0738 e. The molecule has 0 aliphatic heterocycles. The second kappa shape index (κ2) is 5.16. The Morgan fingerprint density at radius 1 is 1.43 bits per heavy atom. The Kier molecular flexibility index (Phi) is 4.15. The Morgan fingerprint density at radius 3 is 2.64 bits per heavy atom. The Morgan fingerprint density at radius 2 is 2.14 bits per heavy atom. The molecule has 0 aliphatic rings. The van der Waals surface area contributed by atoms with E-state index in [1.54, 1.807) is 0 Å². The molecule has 0 saturated carbocycles. The molecular formula is C10H14BrN3. The molecule has 0 bridgehead atoms. The second-order valence-corrected chi connectivity index (χ2v) is 4.12. The van der Waals surface area contributed by atoms with Crippen LogP contribution >= 0.6 is 15.9 Å². The minimum atomic E-state index is 0.639. The van der Waals surface area contributed by atoms with Crippen molar-refractivity contribution >= 4 is 15.9 Å². The first-order valence-corrected chi connectivity index (χ1v) is 5.52. The van der Waals surface area contributed by atoms with Crippen LogP contribution in [0.5, 0.6) is 0 Å². The van der Waals surface area contributed by atoms with Gasteiger partial charge in [-0.1, -0.05) is 0 Å². The quantitative estimate of drug-likeness (QED) is 0.777. The summed E-state index contributed by atoms with van der Waals surface area (Å²) in [6, 6.07) is 2.15. The predicted octanol–water partition coefficient (Wildman–Crippen LogP) is 2.96. The third-order valence-electron chi connectivity index (χ3n) is 2.20. The summed E-state index contributed by atoms with van der Waals surface area (Å²) in [4.78, 5) is 0. The Labute approximate surface area is 92.9 Å². The van der Waals surface area contributed by atoms with Crippen LogP contribution in [0.25, 0.3) is 0 Å². The number of hydrogen-bond donors (Lipinski definition) is 0. The minimum absolute atomic E-state index is 0.639. The molecule has 1 aromatic heterocycles. The van der Waals surface area contributed by atoms with Crippen molar-refractivity contribution in [2.45, 2.75) is 39.7 Å². The van der Waals surface area contributed by atoms with Gasteiger partial charge in [0.15, 0.2) is 0 Å². The SMILES string of the molecule is Cc1nn(CCCCC#N)c(C)c1Br. The van der Waals surface area contributed by atoms with E-state index in [2.05, 4.69) is 27.1 Å². The van der Waals surface area contributed by atoms with Crippen molar-refractivity contribution in [3.05, 3.63) is 15.9 Å². The molecule has 14 heavy (non-hydrogen) atoms. The Balaban J connectivity index is 2.52. The molecular weight excluding hydrogens is 242 g/mol. The molecule has 0 saturated heterocycles. The van der Waals surface area contributed by atoms with Crippen LogP contribution in [0.3, 0.4) is 0 Å². The van der Waals surface area contributed by atoms with Crippen LogP contribution in [0.1, 0.15) is 30.7 Å². The summed E-state index contributed by atoms with van der Waals surface area (Å²) in [7, 11) is 0. The molecule has 0 aromatic carbocycles. The summed E-state index contributed by atoms with van der Waals surface area (Å²) in [5.41, 5.74) is 2.20. The van der Waals surface area contributed by atoms with E-state index < -0.39 is 0 Å². The lowest BCUT2D eigenvalue weighted by molar-refractivity contribution is 0.547. The van der Waals surface area contributed by atoms with E-state index in [0.717, 1.165) is 29.6 Å². The van der Waals surface area contributed by atoms with Crippen molar-refractivity contribution in [2.75, 3.05) is 0 Å². The number of hydrogen-bond acceptors (Lipinski definition) is 2. The second-order valence-electron chi connectivity index (χ2n) is 3.32. The molecule has 0 N–H and O–H groups in total. The number of halogens is 1. The lowest BCUT2D eigenvalue weighted by Gasteiger charge is -2.02. The van der Waals surface area contributed by atoms with Gasteiger partial charge in [-0.15, -0.1) is 0 Å². The average Bonchev–Trinajstić information content (AvgIpc) is 2.41. The van der Waals surface area contributed by atoms with Gasteiger partial charge in [-0.3, -0.25) is 4.68 Å². The molecule has 0 atom stereocenters. The average molecular weight is 256 g/mol. The number of nitrogens with zero attached hydrogens (tertiary/aromatic N) is 3. The molecule has 1 heterocycles. The fourth-order valence-corrected chi connectivity index (χ4v) is 1.64. The summed E-state index contributed by atoms with van der Waals surface area (Å²) >= 11 is 3.49. The van der Waals surface area contributed by atoms with Crippen molar-refractivity contribution in [3.8, 4) is 6.07 Å². The zero-order chi connectivity index (χ0) is 10.6. The van der Waals surface area contributed by atoms with Gasteiger partial charge in [-0.25, -0.2) is 0 Å². The van der Waals surface area contributed by atoms with E-state index in [4.69, 9.17) is 5.26 Å². The van der Waals surface area contributed by atoms with Crippen LogP contribution in [0.15, 0.2) is 4.47 Å². The molecule has 3 nitrogen and oxygen atoms in total. The fourth-order valence-electron chi connectivity index (χ4n) is 1.36. The minimum Gasteiger partial charge on any atom is -0.268 e. The van der Waals surface area contributed by atoms with Crippen molar-refractivity contribution in [3.63, 3.8) is 0 Å². The Hall–Kier alpha value is -0.820. The molecule has 0 aliphatic carbocycles. The van der Waals surface area contributed by atoms with E-state index in [0.29, 0.717) is 6.42 Å². The summed E-state index contributed by atoms with van der Waals surface area (Å²) < 4.78 is 3.09. The Bertz CT molecular complexity index is 349. The summed E-state index contributed by atoms with van der Waals surface area (Å²) in [6.07, 6.45) is 2.61. The standard InChI is InChI=1S/C10H14BrN3/c1-8-10(11)9(2)14(13-8)7-5-3-4-6-12/h3-5,7H2,1-2H3. The largest absolute Gasteiger partial charge is 0.268 e. The van der Waals surface area contributed by atoms with Gasteiger partial charge in [0.25, 0.3) is 0 Å². The van der Waals surface area contributed by atoms with E-state index in [-0.39, 0.29) is 0 Å². The first-order chi connectivity index (χ1) is 6.66. The zero-order valence-corrected chi connectivity index (χ0v) is 10.1. The van der Waals surface area contributed by atoms with Gasteiger partial charge in [-0.2, -0.15) is 10.4 Å².